The van der Waals surface area contributed by atoms with Gasteiger partial charge in [-0.3, -0.25) is 48.4 Å². The molecule has 1 aromatic rings. The van der Waals surface area contributed by atoms with Crippen LogP contribution in [0.5, 0.6) is 0 Å². The molecule has 1 fully saturated rings. The first-order valence-electron chi connectivity index (χ1n) is 28.9. The second kappa shape index (κ2) is 33.2. The highest BCUT2D eigenvalue weighted by molar-refractivity contribution is 5.78. The third-order valence-electron chi connectivity index (χ3n) is 12.7. The van der Waals surface area contributed by atoms with E-state index in [1.165, 1.54) is 0 Å². The summed E-state index contributed by atoms with van der Waals surface area (Å²) in [5.41, 5.74) is -0.612. The van der Waals surface area contributed by atoms with Crippen LogP contribution in [0.25, 0.3) is 0 Å². The van der Waals surface area contributed by atoms with Gasteiger partial charge in [0, 0.05) is 96.9 Å². The molecular weight excluding hydrogens is 1010 g/mol. The number of urea groups is 1. The molecule has 0 spiro atoms. The molecule has 1 saturated heterocycles. The lowest BCUT2D eigenvalue weighted by atomic mass is 9.83. The number of carbonyl (C=O) groups excluding carboxylic acids is 7. The number of carbonyl (C=O) groups is 7. The van der Waals surface area contributed by atoms with Gasteiger partial charge in [-0.25, -0.2) is 4.79 Å². The van der Waals surface area contributed by atoms with Crippen LogP contribution in [0.15, 0.2) is 24.3 Å². The highest BCUT2D eigenvalue weighted by atomic mass is 16.6. The Morgan fingerprint density at radius 3 is 1.35 bits per heavy atom. The van der Waals surface area contributed by atoms with Crippen LogP contribution in [0, 0.1) is 12.3 Å². The molecule has 0 aliphatic carbocycles. The van der Waals surface area contributed by atoms with Crippen molar-refractivity contribution in [3.05, 3.63) is 35.4 Å². The van der Waals surface area contributed by atoms with Crippen LogP contribution in [0.2, 0.25) is 0 Å². The van der Waals surface area contributed by atoms with Gasteiger partial charge >= 0.3 is 29.9 Å². The minimum atomic E-state index is -0.672. The maximum atomic E-state index is 13.9. The number of ether oxygens (including phenoxy) is 4. The second-order valence-electron chi connectivity index (χ2n) is 26.5. The van der Waals surface area contributed by atoms with Crippen LogP contribution in [-0.4, -0.2) is 192 Å². The van der Waals surface area contributed by atoms with Gasteiger partial charge in [0.1, 0.15) is 22.4 Å². The van der Waals surface area contributed by atoms with Crippen molar-refractivity contribution in [1.82, 2.24) is 40.4 Å². The van der Waals surface area contributed by atoms with E-state index in [9.17, 15) is 33.6 Å². The van der Waals surface area contributed by atoms with Crippen molar-refractivity contribution in [3.63, 3.8) is 0 Å². The van der Waals surface area contributed by atoms with Gasteiger partial charge in [0.05, 0.1) is 26.2 Å². The summed E-state index contributed by atoms with van der Waals surface area (Å²) in [6, 6.07) is 7.56. The number of rotatable bonds is 25. The fraction of sp³-hybridized carbons (Fsp3) is 0.783. The van der Waals surface area contributed by atoms with Gasteiger partial charge in [0.15, 0.2) is 0 Å². The first-order valence-corrected chi connectivity index (χ1v) is 28.9. The fourth-order valence-electron chi connectivity index (χ4n) is 8.73. The number of nitrogens with one attached hydrogen (secondary N) is 3. The van der Waals surface area contributed by atoms with E-state index in [0.717, 1.165) is 30.4 Å². The fourth-order valence-corrected chi connectivity index (χ4v) is 8.73. The summed E-state index contributed by atoms with van der Waals surface area (Å²) in [7, 11) is 0. The normalized spacial score (nSPS) is 16.1. The highest BCUT2D eigenvalue weighted by Gasteiger charge is 2.29. The van der Waals surface area contributed by atoms with E-state index >= 15 is 0 Å². The second-order valence-corrected chi connectivity index (χ2v) is 26.5. The molecule has 2 rings (SSSR count). The van der Waals surface area contributed by atoms with E-state index in [-0.39, 0.29) is 91.8 Å². The Kier molecular flexibility index (Phi) is 29.5. The lowest BCUT2D eigenvalue weighted by Gasteiger charge is -2.34. The van der Waals surface area contributed by atoms with Gasteiger partial charge in [-0.15, -0.1) is 0 Å². The van der Waals surface area contributed by atoms with Crippen LogP contribution in [0.4, 0.5) is 4.79 Å². The highest BCUT2D eigenvalue weighted by Crippen LogP contribution is 2.24. The van der Waals surface area contributed by atoms with Crippen LogP contribution in [-0.2, 0) is 54.3 Å². The smallest absolute Gasteiger partial charge is 0.320 e. The SMILES string of the molecule is Cc1ccc(CN(CCCC[C@H](NC(=O)N[C@H](C)CCC(=O)OC(C)(C)C)C(C)(C)C)C(=O)CCCCNC(=O)CN2CCN(CC(=O)OC(C)(C)C)CCN(CC(=O)OC(C)(C)C)CCN(CC(=O)OC(C)(C)C)CC2)cc1. The Labute approximate surface area is 475 Å². The minimum Gasteiger partial charge on any atom is -0.460 e. The molecule has 19 nitrogen and oxygen atoms in total. The molecule has 0 saturated carbocycles. The zero-order valence-corrected chi connectivity index (χ0v) is 52.0. The molecule has 0 bridgehead atoms. The Hall–Kier alpha value is -4.85. The molecule has 19 heteroatoms. The predicted molar refractivity (Wildman–Crippen MR) is 310 cm³/mol. The third kappa shape index (κ3) is 34.8. The molecule has 1 aliphatic rings. The maximum absolute atomic E-state index is 13.9. The van der Waals surface area contributed by atoms with Crippen molar-refractivity contribution in [2.75, 3.05) is 91.6 Å². The molecule has 1 aliphatic heterocycles. The lowest BCUT2D eigenvalue weighted by Crippen LogP contribution is -2.50. The first-order chi connectivity index (χ1) is 36.4. The summed E-state index contributed by atoms with van der Waals surface area (Å²) < 4.78 is 22.5. The largest absolute Gasteiger partial charge is 0.460 e. The van der Waals surface area contributed by atoms with Gasteiger partial charge in [0.25, 0.3) is 0 Å². The molecule has 79 heavy (non-hydrogen) atoms. The summed E-state index contributed by atoms with van der Waals surface area (Å²) in [4.78, 5) is 102. The Morgan fingerprint density at radius 2 is 0.937 bits per heavy atom. The van der Waals surface area contributed by atoms with E-state index in [1.54, 1.807) is 0 Å². The third-order valence-corrected chi connectivity index (χ3v) is 12.7. The Bertz CT molecular complexity index is 2000. The number of nitrogens with zero attached hydrogens (tertiary/aromatic N) is 5. The number of amides is 4. The van der Waals surface area contributed by atoms with Crippen LogP contribution < -0.4 is 16.0 Å². The van der Waals surface area contributed by atoms with Gasteiger partial charge in [-0.2, -0.15) is 0 Å². The molecule has 3 N–H and O–H groups in total. The molecule has 0 radical (unpaired) electrons. The molecule has 4 amide bonds. The summed E-state index contributed by atoms with van der Waals surface area (Å²) in [6.45, 7) is 37.2. The van der Waals surface area contributed by atoms with Crippen LogP contribution in [0.1, 0.15) is 173 Å². The van der Waals surface area contributed by atoms with E-state index in [2.05, 4.69) is 48.9 Å². The average molecular weight is 1120 g/mol. The molecule has 1 aromatic carbocycles. The Morgan fingerprint density at radius 1 is 0.519 bits per heavy atom. The minimum absolute atomic E-state index is 0.0279. The number of hydrogen-bond acceptors (Lipinski definition) is 15. The quantitative estimate of drug-likeness (QED) is 0.0501. The van der Waals surface area contributed by atoms with Crippen molar-refractivity contribution in [2.45, 2.75) is 210 Å². The summed E-state index contributed by atoms with van der Waals surface area (Å²) in [5.74, 6) is -1.54. The molecule has 0 aromatic heterocycles. The van der Waals surface area contributed by atoms with Crippen LogP contribution >= 0.6 is 0 Å². The number of benzene rings is 1. The predicted octanol–water partition coefficient (Wildman–Crippen LogP) is 7.25. The molecular formula is C60H106N8O11. The summed E-state index contributed by atoms with van der Waals surface area (Å²) >= 11 is 0. The van der Waals surface area contributed by atoms with Gasteiger partial charge in [-0.1, -0.05) is 50.6 Å². The van der Waals surface area contributed by atoms with E-state index < -0.39 is 22.4 Å². The zero-order valence-electron chi connectivity index (χ0n) is 52.0. The first kappa shape index (κ1) is 70.3. The summed E-state index contributed by atoms with van der Waals surface area (Å²) in [6.07, 6.45) is 4.43. The van der Waals surface area contributed by atoms with Crippen molar-refractivity contribution in [1.29, 1.82) is 0 Å². The van der Waals surface area contributed by atoms with Crippen molar-refractivity contribution < 1.29 is 52.5 Å². The van der Waals surface area contributed by atoms with Gasteiger partial charge in [0.2, 0.25) is 11.8 Å². The zero-order chi connectivity index (χ0) is 59.8. The van der Waals surface area contributed by atoms with Gasteiger partial charge < -0.3 is 39.8 Å². The standard InChI is InChI=1S/C60H106N8O11/c1-45-24-27-47(28-25-45)40-68(31-21-19-22-48(56(3,4)5)63-55(75)62-46(2)26-29-51(71)76-57(6,7)8)50(70)23-18-20-30-61-49(69)41-64-32-34-65(42-52(72)77-58(9,10)11)36-38-67(44-54(74)79-60(15,16)17)39-37-66(35-33-64)43-53(73)78-59(12,13)14/h24-25,27-28,46,48H,18-23,26,29-44H2,1-17H3,(H,61,69)(H2,62,63,75)/t46-,48+/m1/s1. The Balaban J connectivity index is 2.11. The molecule has 2 atom stereocenters. The van der Waals surface area contributed by atoms with Crippen molar-refractivity contribution in [3.8, 4) is 0 Å². The van der Waals surface area contributed by atoms with E-state index in [0.29, 0.717) is 97.7 Å². The average Bonchev–Trinajstić information content (AvgIpc) is 3.27. The number of unbranched alkanes of at least 4 members (excludes halogenated alkanes) is 2. The van der Waals surface area contributed by atoms with Crippen LogP contribution in [0.3, 0.4) is 0 Å². The molecule has 1 heterocycles. The number of esters is 4. The van der Waals surface area contributed by atoms with Crippen molar-refractivity contribution >= 4 is 41.7 Å². The number of aryl methyl sites for hydroxylation is 1. The molecule has 0 unspecified atom stereocenters. The number of hydrogen-bond donors (Lipinski definition) is 3. The van der Waals surface area contributed by atoms with E-state index in [4.69, 9.17) is 18.9 Å². The lowest BCUT2D eigenvalue weighted by molar-refractivity contribution is -0.158. The molecule has 452 valence electrons. The maximum Gasteiger partial charge on any atom is 0.320 e. The summed E-state index contributed by atoms with van der Waals surface area (Å²) in [5, 5.41) is 9.21. The van der Waals surface area contributed by atoms with Crippen molar-refractivity contribution in [2.24, 2.45) is 5.41 Å². The van der Waals surface area contributed by atoms with Gasteiger partial charge in [-0.05, 0) is 146 Å². The monoisotopic (exact) mass is 1110 g/mol. The topological polar surface area (TPSA) is 209 Å². The van der Waals surface area contributed by atoms with E-state index in [1.807, 2.05) is 134 Å².